The third-order valence-corrected chi connectivity index (χ3v) is 3.05. The molecule has 0 amide bonds. The van der Waals surface area contributed by atoms with Gasteiger partial charge in [0.05, 0.1) is 0 Å². The zero-order chi connectivity index (χ0) is 23.4. The molecule has 0 bridgehead atoms. The van der Waals surface area contributed by atoms with E-state index in [0.29, 0.717) is 0 Å². The monoisotopic (exact) mass is 464 g/mol. The van der Waals surface area contributed by atoms with E-state index in [1.54, 1.807) is 0 Å². The van der Waals surface area contributed by atoms with Crippen molar-refractivity contribution < 1.29 is 79.4 Å². The van der Waals surface area contributed by atoms with Crippen LogP contribution in [0.1, 0.15) is 6.92 Å². The lowest BCUT2D eigenvalue weighted by Crippen LogP contribution is -2.75. The standard InChI is InChI=1S/C10H5F17O/c1-2-28-8(21,10(25,26)27)6(17,18)4(13,14)3(11,12)5(15,16)7(19,20)9(22,23)24/h2H2,1H3. The molecule has 170 valence electrons. The molecule has 0 fully saturated rings. The van der Waals surface area contributed by atoms with Crippen molar-refractivity contribution in [2.45, 2.75) is 54.7 Å². The van der Waals surface area contributed by atoms with Crippen LogP contribution < -0.4 is 0 Å². The highest BCUT2D eigenvalue weighted by molar-refractivity contribution is 5.14. The summed E-state index contributed by atoms with van der Waals surface area (Å²) in [6.07, 6.45) is -15.1. The Balaban J connectivity index is 6.78. The highest BCUT2D eigenvalue weighted by Gasteiger charge is 2.95. The zero-order valence-electron chi connectivity index (χ0n) is 12.5. The molecule has 0 aromatic rings. The maximum atomic E-state index is 13.5. The molecule has 0 aliphatic rings. The second-order valence-corrected chi connectivity index (χ2v) is 4.90. The van der Waals surface area contributed by atoms with Gasteiger partial charge in [-0.3, -0.25) is 0 Å². The maximum absolute atomic E-state index is 13.5. The van der Waals surface area contributed by atoms with Crippen molar-refractivity contribution in [2.75, 3.05) is 6.61 Å². The van der Waals surface area contributed by atoms with Crippen molar-refractivity contribution in [3.05, 3.63) is 0 Å². The smallest absolute Gasteiger partial charge is 0.334 e. The number of ether oxygens (including phenoxy) is 1. The Kier molecular flexibility index (Phi) is 6.36. The number of halogens is 17. The molecule has 0 N–H and O–H groups in total. The van der Waals surface area contributed by atoms with Crippen LogP contribution in [0.2, 0.25) is 0 Å². The lowest BCUT2D eigenvalue weighted by Gasteiger charge is -2.43. The van der Waals surface area contributed by atoms with Crippen LogP contribution in [0.5, 0.6) is 0 Å². The van der Waals surface area contributed by atoms with Crippen LogP contribution in [0.25, 0.3) is 0 Å². The lowest BCUT2D eigenvalue weighted by molar-refractivity contribution is -0.482. The predicted octanol–water partition coefficient (Wildman–Crippen LogP) is 5.99. The number of rotatable bonds is 7. The Morgan fingerprint density at radius 1 is 0.429 bits per heavy atom. The van der Waals surface area contributed by atoms with Gasteiger partial charge in [0.15, 0.2) is 0 Å². The molecule has 0 radical (unpaired) electrons. The van der Waals surface area contributed by atoms with Gasteiger partial charge in [0.2, 0.25) is 0 Å². The molecule has 0 aromatic carbocycles. The van der Waals surface area contributed by atoms with Gasteiger partial charge in [0, 0.05) is 6.61 Å². The van der Waals surface area contributed by atoms with Crippen LogP contribution in [-0.4, -0.2) is 54.4 Å². The lowest BCUT2D eigenvalue weighted by atomic mass is 9.90. The molecule has 0 aromatic heterocycles. The van der Waals surface area contributed by atoms with E-state index in [2.05, 4.69) is 4.74 Å². The van der Waals surface area contributed by atoms with Crippen LogP contribution >= 0.6 is 0 Å². The first-order valence-electron chi connectivity index (χ1n) is 6.16. The van der Waals surface area contributed by atoms with Crippen molar-refractivity contribution in [3.63, 3.8) is 0 Å². The molecule has 0 aliphatic heterocycles. The topological polar surface area (TPSA) is 9.23 Å². The van der Waals surface area contributed by atoms with Gasteiger partial charge < -0.3 is 4.74 Å². The largest absolute Gasteiger partial charge is 0.460 e. The fourth-order valence-corrected chi connectivity index (χ4v) is 1.52. The minimum absolute atomic E-state index is 0.207. The van der Waals surface area contributed by atoms with Gasteiger partial charge in [-0.25, -0.2) is 0 Å². The zero-order valence-corrected chi connectivity index (χ0v) is 12.5. The molecule has 28 heavy (non-hydrogen) atoms. The van der Waals surface area contributed by atoms with Gasteiger partial charge in [-0.05, 0) is 6.92 Å². The first-order valence-corrected chi connectivity index (χ1v) is 6.16. The van der Waals surface area contributed by atoms with Crippen molar-refractivity contribution >= 4 is 0 Å². The number of hydrogen-bond acceptors (Lipinski definition) is 1. The highest BCUT2D eigenvalue weighted by atomic mass is 19.4. The van der Waals surface area contributed by atoms with Crippen molar-refractivity contribution in [2.24, 2.45) is 0 Å². The van der Waals surface area contributed by atoms with Gasteiger partial charge in [-0.15, -0.1) is 0 Å². The minimum atomic E-state index is -8.57. The molecule has 1 atom stereocenters. The second kappa shape index (κ2) is 6.65. The molecule has 0 saturated heterocycles. The minimum Gasteiger partial charge on any atom is -0.334 e. The first kappa shape index (κ1) is 26.8. The molecule has 1 unspecified atom stereocenters. The summed E-state index contributed by atoms with van der Waals surface area (Å²) < 4.78 is 219. The summed E-state index contributed by atoms with van der Waals surface area (Å²) in [5.74, 6) is -48.9. The van der Waals surface area contributed by atoms with E-state index in [1.165, 1.54) is 0 Å². The van der Waals surface area contributed by atoms with E-state index in [9.17, 15) is 74.6 Å². The number of hydrogen-bond donors (Lipinski definition) is 0. The fraction of sp³-hybridized carbons (Fsp3) is 1.00. The summed E-state index contributed by atoms with van der Waals surface area (Å²) in [7, 11) is 0. The molecule has 0 rings (SSSR count). The summed E-state index contributed by atoms with van der Waals surface area (Å²) >= 11 is 0. The van der Waals surface area contributed by atoms with Crippen LogP contribution in [0, 0.1) is 0 Å². The summed E-state index contributed by atoms with van der Waals surface area (Å²) in [5.41, 5.74) is 0. The van der Waals surface area contributed by atoms with Crippen LogP contribution in [0.3, 0.4) is 0 Å². The second-order valence-electron chi connectivity index (χ2n) is 4.90. The van der Waals surface area contributed by atoms with Crippen molar-refractivity contribution in [3.8, 4) is 0 Å². The Morgan fingerprint density at radius 2 is 0.714 bits per heavy atom. The van der Waals surface area contributed by atoms with E-state index < -0.39 is 54.4 Å². The van der Waals surface area contributed by atoms with Gasteiger partial charge in [0.25, 0.3) is 0 Å². The Bertz CT molecular complexity index is 557. The van der Waals surface area contributed by atoms with Crippen molar-refractivity contribution in [1.29, 1.82) is 0 Å². The Hall–Kier alpha value is -1.23. The number of alkyl halides is 17. The van der Waals surface area contributed by atoms with Crippen LogP contribution in [0.15, 0.2) is 0 Å². The summed E-state index contributed by atoms with van der Waals surface area (Å²) in [5, 5.41) is 0. The summed E-state index contributed by atoms with van der Waals surface area (Å²) in [6, 6.07) is 0. The van der Waals surface area contributed by atoms with Gasteiger partial charge in [-0.1, -0.05) is 0 Å². The van der Waals surface area contributed by atoms with Crippen LogP contribution in [0.4, 0.5) is 74.6 Å². The average Bonchev–Trinajstić information content (AvgIpc) is 2.43. The van der Waals surface area contributed by atoms with Gasteiger partial charge in [-0.2, -0.15) is 74.6 Å². The average molecular weight is 464 g/mol. The molecular formula is C10H5F17O. The Morgan fingerprint density at radius 3 is 0.964 bits per heavy atom. The van der Waals surface area contributed by atoms with Gasteiger partial charge >= 0.3 is 47.8 Å². The molecule has 0 spiro atoms. The van der Waals surface area contributed by atoms with Crippen molar-refractivity contribution in [1.82, 2.24) is 0 Å². The summed E-state index contributed by atoms with van der Waals surface area (Å²) in [4.78, 5) is 0. The van der Waals surface area contributed by atoms with E-state index in [4.69, 9.17) is 0 Å². The quantitative estimate of drug-likeness (QED) is 0.421. The fourth-order valence-electron chi connectivity index (χ4n) is 1.52. The van der Waals surface area contributed by atoms with E-state index >= 15 is 0 Å². The molecule has 0 heterocycles. The normalized spacial score (nSPS) is 18.2. The highest BCUT2D eigenvalue weighted by Crippen LogP contribution is 2.63. The molecular weight excluding hydrogens is 459 g/mol. The third-order valence-electron chi connectivity index (χ3n) is 3.05. The molecule has 0 aliphatic carbocycles. The molecule has 1 nitrogen and oxygen atoms in total. The van der Waals surface area contributed by atoms with E-state index in [-0.39, 0.29) is 6.92 Å². The SMILES string of the molecule is CCOC(F)(C(F)(F)F)C(F)(F)C(F)(F)C(F)(F)C(F)(F)C(F)(F)C(F)(F)F. The Labute approximate surface area is 142 Å². The third kappa shape index (κ3) is 3.24. The predicted molar refractivity (Wildman–Crippen MR) is 52.3 cm³/mol. The molecule has 0 saturated carbocycles. The van der Waals surface area contributed by atoms with Crippen LogP contribution in [-0.2, 0) is 4.74 Å². The molecule has 18 heteroatoms. The van der Waals surface area contributed by atoms with E-state index in [1.807, 2.05) is 0 Å². The summed E-state index contributed by atoms with van der Waals surface area (Å²) in [6.45, 7) is -1.72. The van der Waals surface area contributed by atoms with E-state index in [0.717, 1.165) is 0 Å². The maximum Gasteiger partial charge on any atom is 0.460 e. The van der Waals surface area contributed by atoms with Gasteiger partial charge in [0.1, 0.15) is 0 Å². The first-order chi connectivity index (χ1) is 11.8.